The molecule has 1 aromatic heterocycles. The predicted octanol–water partition coefficient (Wildman–Crippen LogP) is 0.902. The molecule has 0 amide bonds. The Bertz CT molecular complexity index is 585. The van der Waals surface area contributed by atoms with E-state index in [4.69, 9.17) is 0 Å². The second kappa shape index (κ2) is 4.35. The average Bonchev–Trinajstić information content (AvgIpc) is 2.91. The van der Waals surface area contributed by atoms with Crippen molar-refractivity contribution in [1.82, 2.24) is 20.5 Å². The fraction of sp³-hybridized carbons (Fsp3) is 0.429. The van der Waals surface area contributed by atoms with Gasteiger partial charge in [0, 0.05) is 32.1 Å². The van der Waals surface area contributed by atoms with Gasteiger partial charge in [-0.15, -0.1) is 5.10 Å². The van der Waals surface area contributed by atoms with Crippen LogP contribution < -0.4 is 10.2 Å². The number of H-pyrrole nitrogens is 1. The normalized spacial score (nSPS) is 21.9. The van der Waals surface area contributed by atoms with Crippen LogP contribution in [0.25, 0.3) is 0 Å². The number of hydrogen-bond acceptors (Lipinski definition) is 4. The topological polar surface area (TPSA) is 56.8 Å². The summed E-state index contributed by atoms with van der Waals surface area (Å²) >= 11 is 0. The number of piperazine rings is 1. The summed E-state index contributed by atoms with van der Waals surface area (Å²) in [7, 11) is 0. The number of fused-ring (bicyclic) bond motifs is 1. The zero-order chi connectivity index (χ0) is 12.7. The number of nitrogens with one attached hydrogen (secondary N) is 2. The Morgan fingerprint density at radius 1 is 1.16 bits per heavy atom. The summed E-state index contributed by atoms with van der Waals surface area (Å²) < 4.78 is 0. The van der Waals surface area contributed by atoms with Crippen molar-refractivity contribution in [1.29, 1.82) is 0 Å². The molecule has 98 valence electrons. The van der Waals surface area contributed by atoms with Crippen LogP contribution in [0.15, 0.2) is 24.3 Å². The van der Waals surface area contributed by atoms with Crippen molar-refractivity contribution in [2.75, 3.05) is 31.1 Å². The third kappa shape index (κ3) is 1.81. The number of aromatic amines is 1. The first kappa shape index (κ1) is 11.0. The van der Waals surface area contributed by atoms with E-state index in [-0.39, 0.29) is 0 Å². The van der Waals surface area contributed by atoms with Crippen LogP contribution in [0.1, 0.15) is 22.9 Å². The zero-order valence-corrected chi connectivity index (χ0v) is 10.8. The molecular weight excluding hydrogens is 238 g/mol. The van der Waals surface area contributed by atoms with Crippen molar-refractivity contribution >= 4 is 5.95 Å². The van der Waals surface area contributed by atoms with Crippen LogP contribution in [0.3, 0.4) is 0 Å². The van der Waals surface area contributed by atoms with E-state index < -0.39 is 0 Å². The van der Waals surface area contributed by atoms with Crippen LogP contribution in [-0.2, 0) is 6.42 Å². The Labute approximate surface area is 112 Å². The molecule has 1 fully saturated rings. The lowest BCUT2D eigenvalue weighted by atomic mass is 9.77. The molecule has 2 N–H and O–H groups in total. The number of aromatic nitrogens is 3. The summed E-state index contributed by atoms with van der Waals surface area (Å²) in [6.45, 7) is 3.99. The summed E-state index contributed by atoms with van der Waals surface area (Å²) in [4.78, 5) is 6.92. The molecule has 0 radical (unpaired) electrons. The summed E-state index contributed by atoms with van der Waals surface area (Å²) in [6, 6.07) is 8.58. The van der Waals surface area contributed by atoms with Crippen LogP contribution in [-0.4, -0.2) is 41.4 Å². The minimum Gasteiger partial charge on any atom is -0.337 e. The van der Waals surface area contributed by atoms with Crippen LogP contribution in [0.5, 0.6) is 0 Å². The molecular formula is C14H17N5. The monoisotopic (exact) mass is 255 g/mol. The highest BCUT2D eigenvalue weighted by Gasteiger charge is 2.30. The van der Waals surface area contributed by atoms with E-state index in [9.17, 15) is 0 Å². The Morgan fingerprint density at radius 3 is 2.84 bits per heavy atom. The molecule has 2 aromatic rings. The molecule has 0 spiro atoms. The number of benzene rings is 1. The molecule has 2 aliphatic rings. The molecule has 1 unspecified atom stereocenters. The van der Waals surface area contributed by atoms with E-state index in [1.54, 1.807) is 0 Å². The second-order valence-corrected chi connectivity index (χ2v) is 5.21. The molecule has 5 heteroatoms. The standard InChI is InChI=1S/C14H17N5/c1-2-4-11-10(3-1)9-12(11)13-16-14(18-17-13)19-7-5-15-6-8-19/h1-4,12,15H,5-9H2,(H,16,17,18). The first-order chi connectivity index (χ1) is 9.42. The fourth-order valence-corrected chi connectivity index (χ4v) is 2.93. The van der Waals surface area contributed by atoms with Gasteiger partial charge in [0.2, 0.25) is 5.95 Å². The van der Waals surface area contributed by atoms with E-state index in [0.717, 1.165) is 44.4 Å². The van der Waals surface area contributed by atoms with Gasteiger partial charge in [0.1, 0.15) is 5.82 Å². The van der Waals surface area contributed by atoms with Crippen molar-refractivity contribution in [3.63, 3.8) is 0 Å². The van der Waals surface area contributed by atoms with E-state index >= 15 is 0 Å². The third-order valence-corrected chi connectivity index (χ3v) is 4.08. The molecule has 2 heterocycles. The van der Waals surface area contributed by atoms with Crippen molar-refractivity contribution < 1.29 is 0 Å². The van der Waals surface area contributed by atoms with Crippen molar-refractivity contribution in [3.8, 4) is 0 Å². The number of rotatable bonds is 2. The highest BCUT2D eigenvalue weighted by Crippen LogP contribution is 2.38. The van der Waals surface area contributed by atoms with Crippen LogP contribution in [0, 0.1) is 0 Å². The lowest BCUT2D eigenvalue weighted by Crippen LogP contribution is -2.44. The highest BCUT2D eigenvalue weighted by molar-refractivity contribution is 5.45. The van der Waals surface area contributed by atoms with Gasteiger partial charge >= 0.3 is 0 Å². The van der Waals surface area contributed by atoms with Gasteiger partial charge in [0.05, 0.1) is 0 Å². The molecule has 0 saturated carbocycles. The molecule has 0 bridgehead atoms. The van der Waals surface area contributed by atoms with Crippen LogP contribution in [0.4, 0.5) is 5.95 Å². The van der Waals surface area contributed by atoms with Crippen molar-refractivity contribution in [2.45, 2.75) is 12.3 Å². The lowest BCUT2D eigenvalue weighted by Gasteiger charge is -2.28. The SMILES string of the molecule is c1ccc2c(c1)CC2c1nc(N2CCNCC2)n[nH]1. The van der Waals surface area contributed by atoms with E-state index in [2.05, 4.69) is 49.7 Å². The summed E-state index contributed by atoms with van der Waals surface area (Å²) in [5.41, 5.74) is 2.83. The van der Waals surface area contributed by atoms with E-state index in [1.165, 1.54) is 11.1 Å². The van der Waals surface area contributed by atoms with Gasteiger partial charge in [0.15, 0.2) is 0 Å². The van der Waals surface area contributed by atoms with Gasteiger partial charge < -0.3 is 10.2 Å². The second-order valence-electron chi connectivity index (χ2n) is 5.21. The molecule has 5 nitrogen and oxygen atoms in total. The molecule has 19 heavy (non-hydrogen) atoms. The highest BCUT2D eigenvalue weighted by atomic mass is 15.4. The number of anilines is 1. The largest absolute Gasteiger partial charge is 0.337 e. The molecule has 1 aromatic carbocycles. The van der Waals surface area contributed by atoms with Gasteiger partial charge in [-0.2, -0.15) is 4.98 Å². The minimum absolute atomic E-state index is 0.403. The maximum absolute atomic E-state index is 4.69. The van der Waals surface area contributed by atoms with Gasteiger partial charge in [0.25, 0.3) is 0 Å². The Morgan fingerprint density at radius 2 is 2.00 bits per heavy atom. The maximum Gasteiger partial charge on any atom is 0.244 e. The zero-order valence-electron chi connectivity index (χ0n) is 10.8. The Balaban J connectivity index is 1.56. The van der Waals surface area contributed by atoms with Crippen molar-refractivity contribution in [3.05, 3.63) is 41.2 Å². The molecule has 1 saturated heterocycles. The minimum atomic E-state index is 0.403. The summed E-state index contributed by atoms with van der Waals surface area (Å²) in [5.74, 6) is 2.26. The summed E-state index contributed by atoms with van der Waals surface area (Å²) in [5, 5.41) is 10.8. The fourth-order valence-electron chi connectivity index (χ4n) is 2.93. The lowest BCUT2D eigenvalue weighted by molar-refractivity contribution is 0.580. The van der Waals surface area contributed by atoms with Gasteiger partial charge in [-0.25, -0.2) is 0 Å². The van der Waals surface area contributed by atoms with Gasteiger partial charge in [-0.3, -0.25) is 5.10 Å². The molecule has 1 aliphatic heterocycles. The van der Waals surface area contributed by atoms with E-state index in [0.29, 0.717) is 5.92 Å². The predicted molar refractivity (Wildman–Crippen MR) is 73.5 cm³/mol. The first-order valence-corrected chi connectivity index (χ1v) is 6.87. The molecule has 1 aliphatic carbocycles. The van der Waals surface area contributed by atoms with Crippen molar-refractivity contribution in [2.24, 2.45) is 0 Å². The number of nitrogens with zero attached hydrogens (tertiary/aromatic N) is 3. The molecule has 4 rings (SSSR count). The van der Waals surface area contributed by atoms with Crippen LogP contribution in [0.2, 0.25) is 0 Å². The Kier molecular flexibility index (Phi) is 2.51. The average molecular weight is 255 g/mol. The molecule has 1 atom stereocenters. The first-order valence-electron chi connectivity index (χ1n) is 6.87. The van der Waals surface area contributed by atoms with Gasteiger partial charge in [-0.05, 0) is 17.5 Å². The number of hydrogen-bond donors (Lipinski definition) is 2. The summed E-state index contributed by atoms with van der Waals surface area (Å²) in [6.07, 6.45) is 1.08. The van der Waals surface area contributed by atoms with Gasteiger partial charge in [-0.1, -0.05) is 24.3 Å². The maximum atomic E-state index is 4.69. The van der Waals surface area contributed by atoms with E-state index in [1.807, 2.05) is 0 Å². The quantitative estimate of drug-likeness (QED) is 0.837. The third-order valence-electron chi connectivity index (χ3n) is 4.08. The smallest absolute Gasteiger partial charge is 0.244 e. The Hall–Kier alpha value is -1.88. The van der Waals surface area contributed by atoms with Crippen LogP contribution >= 0.6 is 0 Å².